The highest BCUT2D eigenvalue weighted by Gasteiger charge is 2.46. The van der Waals surface area contributed by atoms with Crippen molar-refractivity contribution in [3.63, 3.8) is 0 Å². The van der Waals surface area contributed by atoms with Crippen molar-refractivity contribution in [1.82, 2.24) is 9.80 Å². The molecule has 0 unspecified atom stereocenters. The van der Waals surface area contributed by atoms with Gasteiger partial charge in [0.25, 0.3) is 5.91 Å². The third-order valence-electron chi connectivity index (χ3n) is 6.89. The molecular weight excluding hydrogens is 384 g/mol. The Bertz CT molecular complexity index is 739. The molecule has 0 atom stereocenters. The molecule has 1 aromatic rings. The van der Waals surface area contributed by atoms with E-state index in [4.69, 9.17) is 4.74 Å². The highest BCUT2D eigenvalue weighted by Crippen LogP contribution is 2.44. The van der Waals surface area contributed by atoms with E-state index in [-0.39, 0.29) is 10.8 Å². The average Bonchev–Trinajstić information content (AvgIpc) is 3.42. The number of thioether (sulfide) groups is 1. The molecule has 4 rings (SSSR count). The van der Waals surface area contributed by atoms with Gasteiger partial charge < -0.3 is 14.5 Å². The van der Waals surface area contributed by atoms with E-state index in [1.165, 1.54) is 25.7 Å². The van der Waals surface area contributed by atoms with Crippen molar-refractivity contribution in [3.8, 4) is 5.75 Å². The molecule has 2 amide bonds. The summed E-state index contributed by atoms with van der Waals surface area (Å²) in [6.07, 6.45) is 8.71. The van der Waals surface area contributed by atoms with Crippen LogP contribution in [-0.4, -0.2) is 59.0 Å². The van der Waals surface area contributed by atoms with Gasteiger partial charge in [-0.15, -0.1) is 11.8 Å². The molecule has 0 radical (unpaired) electrons. The lowest BCUT2D eigenvalue weighted by Gasteiger charge is -2.44. The van der Waals surface area contributed by atoms with Crippen molar-refractivity contribution in [2.45, 2.75) is 56.2 Å². The number of hydrogen-bond donors (Lipinski definition) is 0. The summed E-state index contributed by atoms with van der Waals surface area (Å²) in [4.78, 5) is 30.0. The number of ether oxygens (including phenoxy) is 1. The van der Waals surface area contributed by atoms with Crippen LogP contribution in [0.1, 0.15) is 61.7 Å². The number of likely N-dealkylation sites (tertiary alicyclic amines) is 1. The minimum Gasteiger partial charge on any atom is -0.496 e. The molecule has 3 fully saturated rings. The summed E-state index contributed by atoms with van der Waals surface area (Å²) < 4.78 is 5.36. The molecule has 6 heteroatoms. The molecule has 29 heavy (non-hydrogen) atoms. The van der Waals surface area contributed by atoms with Crippen LogP contribution < -0.4 is 4.74 Å². The van der Waals surface area contributed by atoms with Gasteiger partial charge in [-0.05, 0) is 37.3 Å². The number of rotatable bonds is 5. The Morgan fingerprint density at radius 2 is 1.86 bits per heavy atom. The van der Waals surface area contributed by atoms with Gasteiger partial charge in [0.2, 0.25) is 5.91 Å². The predicted octanol–water partition coefficient (Wildman–Crippen LogP) is 4.17. The van der Waals surface area contributed by atoms with Crippen LogP contribution in [0.2, 0.25) is 0 Å². The van der Waals surface area contributed by atoms with Crippen LogP contribution in [0.15, 0.2) is 24.3 Å². The van der Waals surface area contributed by atoms with E-state index < -0.39 is 0 Å². The Morgan fingerprint density at radius 1 is 1.14 bits per heavy atom. The third kappa shape index (κ3) is 4.27. The van der Waals surface area contributed by atoms with E-state index in [1.54, 1.807) is 7.11 Å². The van der Waals surface area contributed by atoms with Crippen LogP contribution in [0.25, 0.3) is 0 Å². The van der Waals surface area contributed by atoms with E-state index >= 15 is 0 Å². The van der Waals surface area contributed by atoms with Crippen molar-refractivity contribution in [2.24, 2.45) is 5.92 Å². The van der Waals surface area contributed by atoms with Gasteiger partial charge in [0, 0.05) is 31.8 Å². The lowest BCUT2D eigenvalue weighted by molar-refractivity contribution is -0.135. The number of amides is 2. The molecule has 0 bridgehead atoms. The summed E-state index contributed by atoms with van der Waals surface area (Å²) in [5.41, 5.74) is 0.620. The maximum absolute atomic E-state index is 13.0. The zero-order chi connectivity index (χ0) is 20.3. The van der Waals surface area contributed by atoms with Crippen LogP contribution in [0.4, 0.5) is 0 Å². The first-order valence-electron chi connectivity index (χ1n) is 11.0. The molecule has 1 saturated carbocycles. The molecule has 1 aliphatic carbocycles. The first-order chi connectivity index (χ1) is 14.1. The summed E-state index contributed by atoms with van der Waals surface area (Å²) >= 11 is 1.92. The van der Waals surface area contributed by atoms with E-state index in [0.717, 1.165) is 37.5 Å². The van der Waals surface area contributed by atoms with Crippen LogP contribution >= 0.6 is 11.8 Å². The van der Waals surface area contributed by atoms with Gasteiger partial charge in [0.15, 0.2) is 0 Å². The van der Waals surface area contributed by atoms with Gasteiger partial charge in [0.1, 0.15) is 5.75 Å². The molecular formula is C23H32N2O3S. The Balaban J connectivity index is 1.36. The van der Waals surface area contributed by atoms with Gasteiger partial charge in [-0.25, -0.2) is 0 Å². The number of hydrogen-bond acceptors (Lipinski definition) is 4. The Hall–Kier alpha value is -1.69. The second-order valence-electron chi connectivity index (χ2n) is 8.52. The number of nitrogens with zero attached hydrogens (tertiary/aromatic N) is 2. The summed E-state index contributed by atoms with van der Waals surface area (Å²) in [5, 5.41) is 0. The number of carbonyl (C=O) groups excluding carboxylic acids is 2. The third-order valence-corrected chi connectivity index (χ3v) is 8.44. The summed E-state index contributed by atoms with van der Waals surface area (Å²) in [6, 6.07) is 7.41. The van der Waals surface area contributed by atoms with Crippen molar-refractivity contribution in [2.75, 3.05) is 32.5 Å². The van der Waals surface area contributed by atoms with E-state index in [1.807, 2.05) is 40.9 Å². The summed E-state index contributed by atoms with van der Waals surface area (Å²) in [7, 11) is 1.60. The monoisotopic (exact) mass is 416 g/mol. The van der Waals surface area contributed by atoms with Gasteiger partial charge in [-0.3, -0.25) is 9.59 Å². The zero-order valence-corrected chi connectivity index (χ0v) is 18.2. The first-order valence-corrected chi connectivity index (χ1v) is 12.0. The van der Waals surface area contributed by atoms with Gasteiger partial charge in [0.05, 0.1) is 17.5 Å². The molecule has 0 N–H and O–H groups in total. The van der Waals surface area contributed by atoms with E-state index in [2.05, 4.69) is 4.90 Å². The fraction of sp³-hybridized carbons (Fsp3) is 0.652. The SMILES string of the molecule is COc1ccccc1C(=O)N1CCC2(CC1)SCCN2C(=O)CCC1CCCC1. The van der Waals surface area contributed by atoms with Gasteiger partial charge in [-0.2, -0.15) is 0 Å². The fourth-order valence-corrected chi connectivity index (χ4v) is 6.66. The number of carbonyl (C=O) groups is 2. The minimum atomic E-state index is -0.107. The number of piperidine rings is 1. The van der Waals surface area contributed by atoms with Crippen molar-refractivity contribution in [3.05, 3.63) is 29.8 Å². The van der Waals surface area contributed by atoms with Crippen molar-refractivity contribution < 1.29 is 14.3 Å². The summed E-state index contributed by atoms with van der Waals surface area (Å²) in [6.45, 7) is 2.24. The highest BCUT2D eigenvalue weighted by molar-refractivity contribution is 8.00. The topological polar surface area (TPSA) is 49.9 Å². The van der Waals surface area contributed by atoms with Crippen molar-refractivity contribution in [1.29, 1.82) is 0 Å². The van der Waals surface area contributed by atoms with Crippen LogP contribution in [0.5, 0.6) is 5.75 Å². The van der Waals surface area contributed by atoms with Crippen LogP contribution in [0.3, 0.4) is 0 Å². The second-order valence-corrected chi connectivity index (χ2v) is 9.98. The molecule has 1 aromatic carbocycles. The molecule has 2 saturated heterocycles. The normalized spacial score (nSPS) is 21.7. The van der Waals surface area contributed by atoms with Crippen LogP contribution in [-0.2, 0) is 4.79 Å². The summed E-state index contributed by atoms with van der Waals surface area (Å²) in [5.74, 6) is 2.74. The fourth-order valence-electron chi connectivity index (χ4n) is 5.19. The Morgan fingerprint density at radius 3 is 2.59 bits per heavy atom. The minimum absolute atomic E-state index is 0.0272. The van der Waals surface area contributed by atoms with E-state index in [9.17, 15) is 9.59 Å². The highest BCUT2D eigenvalue weighted by atomic mass is 32.2. The maximum Gasteiger partial charge on any atom is 0.257 e. The molecule has 0 aromatic heterocycles. The quantitative estimate of drug-likeness (QED) is 0.723. The van der Waals surface area contributed by atoms with Crippen LogP contribution in [0, 0.1) is 5.92 Å². The lowest BCUT2D eigenvalue weighted by atomic mass is 9.98. The van der Waals surface area contributed by atoms with Gasteiger partial charge >= 0.3 is 0 Å². The zero-order valence-electron chi connectivity index (χ0n) is 17.4. The molecule has 2 aliphatic heterocycles. The van der Waals surface area contributed by atoms with Gasteiger partial charge in [-0.1, -0.05) is 37.8 Å². The molecule has 3 aliphatic rings. The Kier molecular flexibility index (Phi) is 6.38. The van der Waals surface area contributed by atoms with Crippen molar-refractivity contribution >= 4 is 23.6 Å². The molecule has 5 nitrogen and oxygen atoms in total. The average molecular weight is 417 g/mol. The molecule has 1 spiro atoms. The standard InChI is InChI=1S/C23H32N2O3S/c1-28-20-9-5-4-8-19(20)22(27)24-14-12-23(13-15-24)25(16-17-29-23)21(26)11-10-18-6-2-3-7-18/h4-5,8-9,18H,2-3,6-7,10-17H2,1H3. The smallest absolute Gasteiger partial charge is 0.257 e. The Labute approximate surface area is 178 Å². The lowest BCUT2D eigenvalue weighted by Crippen LogP contribution is -2.53. The number of benzene rings is 1. The van der Waals surface area contributed by atoms with E-state index in [0.29, 0.717) is 36.7 Å². The number of para-hydroxylation sites is 1. The molecule has 158 valence electrons. The number of methoxy groups -OCH3 is 1. The predicted molar refractivity (Wildman–Crippen MR) is 116 cm³/mol. The maximum atomic E-state index is 13.0. The largest absolute Gasteiger partial charge is 0.496 e. The second kappa shape index (κ2) is 8.99. The first kappa shape index (κ1) is 20.6. The molecule has 2 heterocycles.